The Morgan fingerprint density at radius 3 is 2.33 bits per heavy atom. The fraction of sp³-hybridized carbons (Fsp3) is 0.588. The zero-order valence-corrected chi connectivity index (χ0v) is 27.5. The van der Waals surface area contributed by atoms with Gasteiger partial charge in [-0.3, -0.25) is 24.1 Å². The van der Waals surface area contributed by atoms with E-state index in [1.165, 1.54) is 22.6 Å². The Kier molecular flexibility index (Phi) is 10.8. The number of rotatable bonds is 12. The van der Waals surface area contributed by atoms with Crippen molar-refractivity contribution >= 4 is 52.8 Å². The van der Waals surface area contributed by atoms with E-state index in [1.54, 1.807) is 6.07 Å². The van der Waals surface area contributed by atoms with Crippen molar-refractivity contribution in [3.05, 3.63) is 29.8 Å². The average molecular weight is 638 g/mol. The number of phenols is 1. The van der Waals surface area contributed by atoms with Gasteiger partial charge in [-0.2, -0.15) is 0 Å². The lowest BCUT2D eigenvalue weighted by Gasteiger charge is -2.36. The molecule has 11 heteroatoms. The van der Waals surface area contributed by atoms with Crippen LogP contribution in [0.4, 0.5) is 5.69 Å². The zero-order chi connectivity index (χ0) is 32.1. The molecular weight excluding hydrogens is 590 g/mol. The van der Waals surface area contributed by atoms with Crippen LogP contribution in [0.2, 0.25) is 0 Å². The third-order valence-corrected chi connectivity index (χ3v) is 10.3. The second-order valence-corrected chi connectivity index (χ2v) is 13.2. The number of piperazine rings is 1. The van der Waals surface area contributed by atoms with Gasteiger partial charge in [0.1, 0.15) is 11.4 Å². The number of aromatic nitrogens is 1. The van der Waals surface area contributed by atoms with Gasteiger partial charge in [-0.25, -0.2) is 0 Å². The summed E-state index contributed by atoms with van der Waals surface area (Å²) in [7, 11) is 1.99. The molecule has 5 rings (SSSR count). The standard InChI is InChI=1S/C34H47N5O5S/c1-3-7-26-25-13-14-27(40)32(31(25)36(2)34(26)45)38-20-18-37(19-21-38)28(41)8-5-4-6-17-35-33(44)24-11-9-23(10-12-24)22-39-29(42)15-16-30(39)43/h13-16,23-24,40,45H,3-12,17-22H2,1-2H3,(H,35,44). The van der Waals surface area contributed by atoms with E-state index >= 15 is 0 Å². The highest BCUT2D eigenvalue weighted by atomic mass is 32.1. The van der Waals surface area contributed by atoms with Crippen LogP contribution in [0.25, 0.3) is 10.9 Å². The van der Waals surface area contributed by atoms with Gasteiger partial charge in [-0.15, -0.1) is 12.6 Å². The lowest BCUT2D eigenvalue weighted by Crippen LogP contribution is -2.48. The number of anilines is 1. The number of nitrogens with zero attached hydrogens (tertiary/aromatic N) is 4. The number of fused-ring (bicyclic) bond motifs is 1. The largest absolute Gasteiger partial charge is 0.506 e. The van der Waals surface area contributed by atoms with Crippen LogP contribution in [0.15, 0.2) is 29.3 Å². The molecule has 2 aliphatic heterocycles. The molecule has 0 unspecified atom stereocenters. The highest BCUT2D eigenvalue weighted by molar-refractivity contribution is 7.80. The maximum absolute atomic E-state index is 12.9. The number of carbonyl (C=O) groups is 4. The number of hydrogen-bond donors (Lipinski definition) is 3. The third kappa shape index (κ3) is 7.34. The number of hydrogen-bond acceptors (Lipinski definition) is 7. The predicted octanol–water partition coefficient (Wildman–Crippen LogP) is 4.18. The van der Waals surface area contributed by atoms with E-state index in [4.69, 9.17) is 12.6 Å². The van der Waals surface area contributed by atoms with Gasteiger partial charge in [0, 0.05) is 76.2 Å². The van der Waals surface area contributed by atoms with E-state index in [1.807, 2.05) is 18.0 Å². The number of benzene rings is 1. The lowest BCUT2D eigenvalue weighted by atomic mass is 9.81. The minimum absolute atomic E-state index is 0.0153. The number of imide groups is 1. The summed E-state index contributed by atoms with van der Waals surface area (Å²) in [5, 5.41) is 16.0. The Morgan fingerprint density at radius 2 is 1.67 bits per heavy atom. The SMILES string of the molecule is CCCc1c(S)n(C)c2c(N3CCN(C(=O)CCCCCNC(=O)C4CCC(CN5C(=O)C=CC5=O)CC4)CC3)c(O)ccc12. The van der Waals surface area contributed by atoms with Crippen LogP contribution in [0.5, 0.6) is 5.75 Å². The van der Waals surface area contributed by atoms with Crippen LogP contribution < -0.4 is 10.2 Å². The maximum Gasteiger partial charge on any atom is 0.253 e. The second-order valence-electron chi connectivity index (χ2n) is 12.7. The molecule has 0 radical (unpaired) electrons. The van der Waals surface area contributed by atoms with E-state index in [0.29, 0.717) is 45.7 Å². The molecule has 2 aromatic rings. The lowest BCUT2D eigenvalue weighted by molar-refractivity contribution is -0.138. The van der Waals surface area contributed by atoms with Crippen molar-refractivity contribution < 1.29 is 24.3 Å². The minimum Gasteiger partial charge on any atom is -0.506 e. The van der Waals surface area contributed by atoms with Crippen molar-refractivity contribution in [1.29, 1.82) is 0 Å². The van der Waals surface area contributed by atoms with E-state index in [0.717, 1.165) is 79.4 Å². The van der Waals surface area contributed by atoms with Gasteiger partial charge in [0.15, 0.2) is 0 Å². The monoisotopic (exact) mass is 637 g/mol. The molecule has 0 atom stereocenters. The molecule has 3 heterocycles. The number of thiol groups is 1. The molecule has 1 saturated heterocycles. The van der Waals surface area contributed by atoms with Gasteiger partial charge < -0.3 is 24.8 Å². The summed E-state index contributed by atoms with van der Waals surface area (Å²) in [4.78, 5) is 54.6. The normalized spacial score (nSPS) is 20.5. The zero-order valence-electron chi connectivity index (χ0n) is 26.6. The number of phenolic OH excluding ortho intramolecular Hbond substituents is 1. The molecule has 1 aliphatic carbocycles. The molecular formula is C34H47N5O5S. The molecule has 45 heavy (non-hydrogen) atoms. The van der Waals surface area contributed by atoms with Gasteiger partial charge in [-0.05, 0) is 68.6 Å². The molecule has 244 valence electrons. The van der Waals surface area contributed by atoms with Crippen molar-refractivity contribution in [3.8, 4) is 5.75 Å². The number of carbonyl (C=O) groups excluding carboxylic acids is 4. The Labute approximate surface area is 271 Å². The maximum atomic E-state index is 12.9. The second kappa shape index (κ2) is 14.7. The molecule has 1 aromatic heterocycles. The quantitative estimate of drug-likeness (QED) is 0.183. The summed E-state index contributed by atoms with van der Waals surface area (Å²) in [6.45, 7) is 5.77. The van der Waals surface area contributed by atoms with Crippen molar-refractivity contribution in [2.24, 2.45) is 18.9 Å². The summed E-state index contributed by atoms with van der Waals surface area (Å²) < 4.78 is 2.06. The molecule has 10 nitrogen and oxygen atoms in total. The molecule has 4 amide bonds. The Balaban J connectivity index is 0.984. The molecule has 2 N–H and O–H groups in total. The Morgan fingerprint density at radius 1 is 0.978 bits per heavy atom. The summed E-state index contributed by atoms with van der Waals surface area (Å²) in [5.74, 6) is 0.261. The highest BCUT2D eigenvalue weighted by Crippen LogP contribution is 2.41. The first-order chi connectivity index (χ1) is 21.7. The summed E-state index contributed by atoms with van der Waals surface area (Å²) in [6.07, 6.45) is 10.8. The minimum atomic E-state index is -0.240. The first kappa shape index (κ1) is 32.9. The Bertz CT molecular complexity index is 1430. The first-order valence-electron chi connectivity index (χ1n) is 16.6. The molecule has 3 aliphatic rings. The van der Waals surface area contributed by atoms with E-state index in [-0.39, 0.29) is 41.2 Å². The molecule has 0 spiro atoms. The molecule has 2 fully saturated rings. The van der Waals surface area contributed by atoms with Crippen molar-refractivity contribution in [3.63, 3.8) is 0 Å². The van der Waals surface area contributed by atoms with Gasteiger partial charge in [0.25, 0.3) is 11.8 Å². The average Bonchev–Trinajstić information content (AvgIpc) is 3.48. The number of nitrogens with one attached hydrogen (secondary N) is 1. The fourth-order valence-corrected chi connectivity index (χ4v) is 7.47. The summed E-state index contributed by atoms with van der Waals surface area (Å²) in [5.41, 5.74) is 3.02. The van der Waals surface area contributed by atoms with E-state index in [9.17, 15) is 24.3 Å². The summed E-state index contributed by atoms with van der Waals surface area (Å²) >= 11 is 4.77. The smallest absolute Gasteiger partial charge is 0.253 e. The molecule has 1 aromatic carbocycles. The van der Waals surface area contributed by atoms with Crippen molar-refractivity contribution in [1.82, 2.24) is 19.7 Å². The predicted molar refractivity (Wildman–Crippen MR) is 177 cm³/mol. The van der Waals surface area contributed by atoms with Gasteiger partial charge >= 0.3 is 0 Å². The number of unbranched alkanes of at least 4 members (excludes halogenated alkanes) is 2. The van der Waals surface area contributed by atoms with Crippen LogP contribution in [0, 0.1) is 11.8 Å². The van der Waals surface area contributed by atoms with Crippen LogP contribution in [0.1, 0.15) is 70.3 Å². The Hall–Kier alpha value is -3.47. The van der Waals surface area contributed by atoms with E-state index in [2.05, 4.69) is 21.7 Å². The van der Waals surface area contributed by atoms with Gasteiger partial charge in [-0.1, -0.05) is 19.8 Å². The number of amides is 4. The van der Waals surface area contributed by atoms with Crippen LogP contribution in [0.3, 0.4) is 0 Å². The van der Waals surface area contributed by atoms with Gasteiger partial charge in [0.2, 0.25) is 11.8 Å². The number of aromatic hydroxyl groups is 1. The molecule has 0 bridgehead atoms. The van der Waals surface area contributed by atoms with Crippen molar-refractivity contribution in [2.45, 2.75) is 76.2 Å². The fourth-order valence-electron chi connectivity index (χ4n) is 7.14. The van der Waals surface area contributed by atoms with Gasteiger partial charge in [0.05, 0.1) is 10.5 Å². The number of aryl methyl sites for hydroxylation is 2. The first-order valence-corrected chi connectivity index (χ1v) is 17.0. The van der Waals surface area contributed by atoms with E-state index < -0.39 is 0 Å². The van der Waals surface area contributed by atoms with Crippen LogP contribution >= 0.6 is 12.6 Å². The van der Waals surface area contributed by atoms with Crippen molar-refractivity contribution in [2.75, 3.05) is 44.2 Å². The van der Waals surface area contributed by atoms with Crippen LogP contribution in [-0.2, 0) is 32.6 Å². The third-order valence-electron chi connectivity index (χ3n) is 9.75. The van der Waals surface area contributed by atoms with Crippen LogP contribution in [-0.4, -0.2) is 82.4 Å². The summed E-state index contributed by atoms with van der Waals surface area (Å²) in [6, 6.07) is 3.76. The highest BCUT2D eigenvalue weighted by Gasteiger charge is 2.31. The molecule has 1 saturated carbocycles. The topological polar surface area (TPSA) is 115 Å².